The van der Waals surface area contributed by atoms with Gasteiger partial charge in [0.05, 0.1) is 13.0 Å². The van der Waals surface area contributed by atoms with E-state index in [-0.39, 0.29) is 24.8 Å². The van der Waals surface area contributed by atoms with E-state index in [1.165, 1.54) is 12.1 Å². The Balaban J connectivity index is 2.50. The molecule has 0 fully saturated rings. The lowest BCUT2D eigenvalue weighted by atomic mass is 10.3. The molecule has 0 heterocycles. The van der Waals surface area contributed by atoms with Gasteiger partial charge in [0.15, 0.2) is 17.5 Å². The molecule has 0 aliphatic carbocycles. The summed E-state index contributed by atoms with van der Waals surface area (Å²) in [6.45, 7) is 3.93. The molecule has 0 aliphatic rings. The molecular weight excluding hydrogens is 314 g/mol. The van der Waals surface area contributed by atoms with Crippen LogP contribution in [0.4, 0.5) is 17.6 Å². The molecule has 1 atom stereocenters. The first-order valence-corrected chi connectivity index (χ1v) is 7.32. The third-order valence-corrected chi connectivity index (χ3v) is 2.72. The predicted octanol–water partition coefficient (Wildman–Crippen LogP) is 3.10. The zero-order valence-electron chi connectivity index (χ0n) is 13.1. The van der Waals surface area contributed by atoms with E-state index in [2.05, 4.69) is 15.6 Å². The van der Waals surface area contributed by atoms with Gasteiger partial charge in [-0.1, -0.05) is 12.1 Å². The van der Waals surface area contributed by atoms with Gasteiger partial charge in [-0.15, -0.1) is 0 Å². The molecule has 1 rings (SSSR count). The number of hydrogen-bond acceptors (Lipinski definition) is 2. The van der Waals surface area contributed by atoms with Gasteiger partial charge >= 0.3 is 6.18 Å². The number of ether oxygens (including phenoxy) is 1. The maximum Gasteiger partial charge on any atom is 0.390 e. The van der Waals surface area contributed by atoms with Crippen molar-refractivity contribution in [2.45, 2.75) is 32.5 Å². The average molecular weight is 335 g/mol. The highest BCUT2D eigenvalue weighted by Crippen LogP contribution is 2.18. The SMILES string of the molecule is CCNC(=NCC(C)Oc1ccccc1F)NCCC(F)(F)F. The molecule has 8 heteroatoms. The summed E-state index contributed by atoms with van der Waals surface area (Å²) in [7, 11) is 0. The first-order valence-electron chi connectivity index (χ1n) is 7.32. The zero-order valence-corrected chi connectivity index (χ0v) is 13.1. The molecule has 1 unspecified atom stereocenters. The zero-order chi connectivity index (χ0) is 17.3. The van der Waals surface area contributed by atoms with Crippen LogP contribution in [0, 0.1) is 5.82 Å². The highest BCUT2D eigenvalue weighted by atomic mass is 19.4. The van der Waals surface area contributed by atoms with E-state index in [0.717, 1.165) is 0 Å². The number of guanidine groups is 1. The van der Waals surface area contributed by atoms with E-state index in [1.54, 1.807) is 26.0 Å². The van der Waals surface area contributed by atoms with E-state index in [9.17, 15) is 17.6 Å². The van der Waals surface area contributed by atoms with E-state index >= 15 is 0 Å². The summed E-state index contributed by atoms with van der Waals surface area (Å²) in [5, 5.41) is 5.44. The van der Waals surface area contributed by atoms with Crippen molar-refractivity contribution in [2.24, 2.45) is 4.99 Å². The highest BCUT2D eigenvalue weighted by Gasteiger charge is 2.26. The van der Waals surface area contributed by atoms with Gasteiger partial charge in [0.1, 0.15) is 6.10 Å². The third kappa shape index (κ3) is 8.27. The van der Waals surface area contributed by atoms with Gasteiger partial charge in [0.2, 0.25) is 0 Å². The van der Waals surface area contributed by atoms with Crippen molar-refractivity contribution in [3.8, 4) is 5.75 Å². The number of alkyl halides is 3. The quantitative estimate of drug-likeness (QED) is 0.457. The van der Waals surface area contributed by atoms with Gasteiger partial charge in [-0.3, -0.25) is 0 Å². The average Bonchev–Trinajstić information content (AvgIpc) is 2.46. The van der Waals surface area contributed by atoms with Crippen LogP contribution in [0.1, 0.15) is 20.3 Å². The maximum atomic E-state index is 13.5. The number of benzene rings is 1. The number of nitrogens with one attached hydrogen (secondary N) is 2. The molecule has 0 saturated heterocycles. The van der Waals surface area contributed by atoms with Crippen molar-refractivity contribution in [1.82, 2.24) is 10.6 Å². The fourth-order valence-corrected chi connectivity index (χ4v) is 1.68. The van der Waals surface area contributed by atoms with Crippen molar-refractivity contribution in [3.63, 3.8) is 0 Å². The smallest absolute Gasteiger partial charge is 0.390 e. The monoisotopic (exact) mass is 335 g/mol. The summed E-state index contributed by atoms with van der Waals surface area (Å²) in [4.78, 5) is 4.14. The summed E-state index contributed by atoms with van der Waals surface area (Å²) in [5.74, 6) is -0.0931. The lowest BCUT2D eigenvalue weighted by Gasteiger charge is -2.16. The van der Waals surface area contributed by atoms with Gasteiger partial charge in [-0.2, -0.15) is 13.2 Å². The molecular formula is C15H21F4N3O. The first kappa shape index (κ1) is 19.1. The summed E-state index contributed by atoms with van der Waals surface area (Å²) in [6.07, 6.45) is -5.59. The first-order chi connectivity index (χ1) is 10.8. The van der Waals surface area contributed by atoms with Crippen LogP contribution in [-0.4, -0.2) is 37.9 Å². The third-order valence-electron chi connectivity index (χ3n) is 2.72. The van der Waals surface area contributed by atoms with Crippen LogP contribution >= 0.6 is 0 Å². The number of nitrogens with zero attached hydrogens (tertiary/aromatic N) is 1. The van der Waals surface area contributed by atoms with Gasteiger partial charge in [0, 0.05) is 13.1 Å². The standard InChI is InChI=1S/C15H21F4N3O/c1-3-20-14(21-9-8-15(17,18)19)22-10-11(2)23-13-7-5-4-6-12(13)16/h4-7,11H,3,8-10H2,1-2H3,(H2,20,21,22). The maximum absolute atomic E-state index is 13.5. The molecule has 0 spiro atoms. The molecule has 130 valence electrons. The fraction of sp³-hybridized carbons (Fsp3) is 0.533. The second-order valence-corrected chi connectivity index (χ2v) is 4.87. The summed E-state index contributed by atoms with van der Waals surface area (Å²) < 4.78 is 55.3. The van der Waals surface area contributed by atoms with Crippen molar-refractivity contribution >= 4 is 5.96 Å². The molecule has 1 aromatic rings. The Labute approximate surface area is 132 Å². The summed E-state index contributed by atoms with van der Waals surface area (Å²) in [5.41, 5.74) is 0. The van der Waals surface area contributed by atoms with Crippen LogP contribution in [0.15, 0.2) is 29.3 Å². The molecule has 2 N–H and O–H groups in total. The van der Waals surface area contributed by atoms with Crippen molar-refractivity contribution in [1.29, 1.82) is 0 Å². The predicted molar refractivity (Wildman–Crippen MR) is 81.1 cm³/mol. The minimum absolute atomic E-state index is 0.116. The van der Waals surface area contributed by atoms with E-state index in [0.29, 0.717) is 6.54 Å². The van der Waals surface area contributed by atoms with Gasteiger partial charge < -0.3 is 15.4 Å². The molecule has 0 aliphatic heterocycles. The van der Waals surface area contributed by atoms with Crippen molar-refractivity contribution < 1.29 is 22.3 Å². The molecule has 0 amide bonds. The van der Waals surface area contributed by atoms with Crippen LogP contribution in [0.25, 0.3) is 0 Å². The summed E-state index contributed by atoms with van der Waals surface area (Å²) in [6, 6.07) is 5.99. The topological polar surface area (TPSA) is 45.7 Å². The Hall–Kier alpha value is -1.99. The number of rotatable bonds is 7. The van der Waals surface area contributed by atoms with Crippen LogP contribution in [-0.2, 0) is 0 Å². The normalized spacial score (nSPS) is 13.6. The lowest BCUT2D eigenvalue weighted by molar-refractivity contribution is -0.132. The van der Waals surface area contributed by atoms with E-state index in [4.69, 9.17) is 4.74 Å². The molecule has 0 radical (unpaired) electrons. The number of para-hydroxylation sites is 1. The lowest BCUT2D eigenvalue weighted by Crippen LogP contribution is -2.39. The molecule has 0 aromatic heterocycles. The molecule has 4 nitrogen and oxygen atoms in total. The molecule has 23 heavy (non-hydrogen) atoms. The van der Waals surface area contributed by atoms with Crippen LogP contribution in [0.3, 0.4) is 0 Å². The van der Waals surface area contributed by atoms with Gasteiger partial charge in [-0.25, -0.2) is 9.38 Å². The summed E-state index contributed by atoms with van der Waals surface area (Å²) >= 11 is 0. The second kappa shape index (κ2) is 9.22. The Morgan fingerprint density at radius 3 is 2.57 bits per heavy atom. The molecule has 0 bridgehead atoms. The van der Waals surface area contributed by atoms with Crippen LogP contribution < -0.4 is 15.4 Å². The minimum atomic E-state index is -4.22. The highest BCUT2D eigenvalue weighted by molar-refractivity contribution is 5.79. The Kier molecular flexibility index (Phi) is 7.64. The van der Waals surface area contributed by atoms with E-state index in [1.807, 2.05) is 0 Å². The Bertz CT molecular complexity index is 506. The van der Waals surface area contributed by atoms with Gasteiger partial charge in [-0.05, 0) is 26.0 Å². The Morgan fingerprint density at radius 2 is 1.96 bits per heavy atom. The number of hydrogen-bond donors (Lipinski definition) is 2. The second-order valence-electron chi connectivity index (χ2n) is 4.87. The molecule has 1 aromatic carbocycles. The number of aliphatic imine (C=N–C) groups is 1. The molecule has 0 saturated carbocycles. The largest absolute Gasteiger partial charge is 0.486 e. The minimum Gasteiger partial charge on any atom is -0.486 e. The van der Waals surface area contributed by atoms with Crippen LogP contribution in [0.2, 0.25) is 0 Å². The fourth-order valence-electron chi connectivity index (χ4n) is 1.68. The van der Waals surface area contributed by atoms with Crippen molar-refractivity contribution in [2.75, 3.05) is 19.6 Å². The Morgan fingerprint density at radius 1 is 1.26 bits per heavy atom. The van der Waals surface area contributed by atoms with Crippen molar-refractivity contribution in [3.05, 3.63) is 30.1 Å². The number of halogens is 4. The van der Waals surface area contributed by atoms with Gasteiger partial charge in [0.25, 0.3) is 0 Å². The van der Waals surface area contributed by atoms with Crippen LogP contribution in [0.5, 0.6) is 5.75 Å². The van der Waals surface area contributed by atoms with E-state index < -0.39 is 24.5 Å².